The summed E-state index contributed by atoms with van der Waals surface area (Å²) in [7, 11) is 0. The third-order valence-corrected chi connectivity index (χ3v) is 5.74. The molecule has 5 nitrogen and oxygen atoms in total. The summed E-state index contributed by atoms with van der Waals surface area (Å²) in [6, 6.07) is 18.0. The summed E-state index contributed by atoms with van der Waals surface area (Å²) in [4.78, 5) is 0. The van der Waals surface area contributed by atoms with Crippen LogP contribution < -0.4 is 4.74 Å². The number of benzene rings is 2. The SMILES string of the molecule is C=CCn1c(SC[C@H](O)COc2ccc(C(C)(C)C)cc2)nnc1-c1ccccc1. The average Bonchev–Trinajstić information content (AvgIpc) is 3.14. The second-order valence-electron chi connectivity index (χ2n) is 8.12. The Morgan fingerprint density at radius 3 is 2.43 bits per heavy atom. The molecular formula is C24H29N3O2S. The van der Waals surface area contributed by atoms with Gasteiger partial charge in [0, 0.05) is 17.9 Å². The lowest BCUT2D eigenvalue weighted by molar-refractivity contribution is 0.126. The molecule has 0 saturated carbocycles. The molecule has 0 spiro atoms. The number of aliphatic hydroxyl groups excluding tert-OH is 1. The van der Waals surface area contributed by atoms with Gasteiger partial charge in [-0.3, -0.25) is 4.57 Å². The molecule has 0 aliphatic carbocycles. The van der Waals surface area contributed by atoms with Crippen molar-refractivity contribution in [2.45, 2.75) is 44.0 Å². The predicted octanol–water partition coefficient (Wildman–Crippen LogP) is 4.96. The van der Waals surface area contributed by atoms with Gasteiger partial charge >= 0.3 is 0 Å². The molecule has 3 rings (SSSR count). The molecule has 1 atom stereocenters. The Labute approximate surface area is 182 Å². The van der Waals surface area contributed by atoms with E-state index in [2.05, 4.69) is 49.7 Å². The van der Waals surface area contributed by atoms with Crippen LogP contribution in [0, 0.1) is 0 Å². The van der Waals surface area contributed by atoms with Gasteiger partial charge in [-0.15, -0.1) is 16.8 Å². The number of nitrogens with zero attached hydrogens (tertiary/aromatic N) is 3. The van der Waals surface area contributed by atoms with Crippen LogP contribution in [0.4, 0.5) is 0 Å². The Balaban J connectivity index is 1.57. The molecule has 158 valence electrons. The van der Waals surface area contributed by atoms with Crippen LogP contribution in [0.25, 0.3) is 11.4 Å². The monoisotopic (exact) mass is 423 g/mol. The zero-order valence-electron chi connectivity index (χ0n) is 17.8. The summed E-state index contributed by atoms with van der Waals surface area (Å²) in [6.07, 6.45) is 1.20. The van der Waals surface area contributed by atoms with Crippen molar-refractivity contribution in [1.82, 2.24) is 14.8 Å². The Bertz CT molecular complexity index is 947. The van der Waals surface area contributed by atoms with Crippen LogP contribution in [0.1, 0.15) is 26.3 Å². The van der Waals surface area contributed by atoms with Crippen molar-refractivity contribution in [3.05, 3.63) is 72.8 Å². The maximum absolute atomic E-state index is 10.4. The van der Waals surface area contributed by atoms with E-state index in [9.17, 15) is 5.11 Å². The van der Waals surface area contributed by atoms with E-state index in [-0.39, 0.29) is 12.0 Å². The molecule has 0 unspecified atom stereocenters. The van der Waals surface area contributed by atoms with Gasteiger partial charge in [0.05, 0.1) is 6.10 Å². The molecule has 0 aliphatic heterocycles. The van der Waals surface area contributed by atoms with Gasteiger partial charge in [-0.2, -0.15) is 0 Å². The largest absolute Gasteiger partial charge is 0.491 e. The van der Waals surface area contributed by atoms with Crippen molar-refractivity contribution in [3.63, 3.8) is 0 Å². The number of aromatic nitrogens is 3. The zero-order chi connectivity index (χ0) is 21.6. The topological polar surface area (TPSA) is 60.2 Å². The highest BCUT2D eigenvalue weighted by molar-refractivity contribution is 7.99. The molecule has 0 aliphatic rings. The molecule has 0 bridgehead atoms. The summed E-state index contributed by atoms with van der Waals surface area (Å²) in [5, 5.41) is 19.8. The first-order chi connectivity index (χ1) is 14.4. The van der Waals surface area contributed by atoms with Crippen LogP contribution >= 0.6 is 11.8 Å². The van der Waals surface area contributed by atoms with Crippen molar-refractivity contribution in [2.75, 3.05) is 12.4 Å². The average molecular weight is 424 g/mol. The number of hydrogen-bond acceptors (Lipinski definition) is 5. The number of thioether (sulfide) groups is 1. The minimum absolute atomic E-state index is 0.106. The summed E-state index contributed by atoms with van der Waals surface area (Å²) in [5.74, 6) is 2.01. The highest BCUT2D eigenvalue weighted by Gasteiger charge is 2.16. The molecule has 0 saturated heterocycles. The van der Waals surface area contributed by atoms with Gasteiger partial charge in [-0.05, 0) is 23.1 Å². The third kappa shape index (κ3) is 5.74. The molecule has 0 radical (unpaired) electrons. The van der Waals surface area contributed by atoms with Gasteiger partial charge in [-0.1, -0.05) is 81.1 Å². The Kier molecular flexibility index (Phi) is 7.34. The molecule has 6 heteroatoms. The van der Waals surface area contributed by atoms with Crippen molar-refractivity contribution in [3.8, 4) is 17.1 Å². The molecule has 2 aromatic carbocycles. The fourth-order valence-electron chi connectivity index (χ4n) is 2.95. The van der Waals surface area contributed by atoms with Gasteiger partial charge in [0.2, 0.25) is 0 Å². The van der Waals surface area contributed by atoms with E-state index in [0.717, 1.165) is 22.3 Å². The molecule has 1 aromatic heterocycles. The predicted molar refractivity (Wildman–Crippen MR) is 123 cm³/mol. The first-order valence-corrected chi connectivity index (χ1v) is 11.0. The lowest BCUT2D eigenvalue weighted by Crippen LogP contribution is -2.20. The lowest BCUT2D eigenvalue weighted by atomic mass is 9.87. The normalized spacial score (nSPS) is 12.5. The van der Waals surface area contributed by atoms with E-state index >= 15 is 0 Å². The minimum atomic E-state index is -0.619. The van der Waals surface area contributed by atoms with Crippen molar-refractivity contribution in [2.24, 2.45) is 0 Å². The highest BCUT2D eigenvalue weighted by Crippen LogP contribution is 2.26. The van der Waals surface area contributed by atoms with E-state index < -0.39 is 6.10 Å². The van der Waals surface area contributed by atoms with Crippen molar-refractivity contribution < 1.29 is 9.84 Å². The fourth-order valence-corrected chi connectivity index (χ4v) is 3.81. The van der Waals surface area contributed by atoms with E-state index in [0.29, 0.717) is 12.3 Å². The Morgan fingerprint density at radius 1 is 1.10 bits per heavy atom. The molecule has 30 heavy (non-hydrogen) atoms. The van der Waals surface area contributed by atoms with Crippen LogP contribution in [0.5, 0.6) is 5.75 Å². The van der Waals surface area contributed by atoms with Gasteiger partial charge in [0.15, 0.2) is 11.0 Å². The minimum Gasteiger partial charge on any atom is -0.491 e. The van der Waals surface area contributed by atoms with Gasteiger partial charge < -0.3 is 9.84 Å². The maximum Gasteiger partial charge on any atom is 0.191 e. The molecule has 3 aromatic rings. The standard InChI is InChI=1S/C24H29N3O2S/c1-5-15-27-22(18-9-7-6-8-10-18)25-26-23(27)30-17-20(28)16-29-21-13-11-19(12-14-21)24(2,3)4/h5-14,20,28H,1,15-17H2,2-4H3/t20-/m1/s1. The second-order valence-corrected chi connectivity index (χ2v) is 9.11. The first-order valence-electron chi connectivity index (χ1n) is 10.0. The van der Waals surface area contributed by atoms with E-state index in [1.54, 1.807) is 0 Å². The van der Waals surface area contributed by atoms with E-state index in [1.165, 1.54) is 17.3 Å². The smallest absolute Gasteiger partial charge is 0.191 e. The van der Waals surface area contributed by atoms with E-state index in [1.807, 2.05) is 53.1 Å². The summed E-state index contributed by atoms with van der Waals surface area (Å²) in [6.45, 7) is 11.2. The number of rotatable bonds is 9. The summed E-state index contributed by atoms with van der Waals surface area (Å²) in [5.41, 5.74) is 2.36. The van der Waals surface area contributed by atoms with E-state index in [4.69, 9.17) is 4.74 Å². The molecular weight excluding hydrogens is 394 g/mol. The molecule has 0 amide bonds. The Hall–Kier alpha value is -2.57. The highest BCUT2D eigenvalue weighted by atomic mass is 32.2. The number of aliphatic hydroxyl groups is 1. The van der Waals surface area contributed by atoms with Crippen LogP contribution in [0.3, 0.4) is 0 Å². The zero-order valence-corrected chi connectivity index (χ0v) is 18.6. The maximum atomic E-state index is 10.4. The molecule has 1 heterocycles. The van der Waals surface area contributed by atoms with Crippen molar-refractivity contribution >= 4 is 11.8 Å². The van der Waals surface area contributed by atoms with Crippen LogP contribution in [-0.2, 0) is 12.0 Å². The number of ether oxygens (including phenoxy) is 1. The first kappa shape index (κ1) is 22.1. The number of hydrogen-bond donors (Lipinski definition) is 1. The summed E-state index contributed by atoms with van der Waals surface area (Å²) >= 11 is 1.46. The van der Waals surface area contributed by atoms with Crippen LogP contribution in [0.15, 0.2) is 72.4 Å². The molecule has 1 N–H and O–H groups in total. The lowest BCUT2D eigenvalue weighted by Gasteiger charge is -2.19. The fraction of sp³-hybridized carbons (Fsp3) is 0.333. The van der Waals surface area contributed by atoms with Crippen molar-refractivity contribution in [1.29, 1.82) is 0 Å². The van der Waals surface area contributed by atoms with Gasteiger partial charge in [0.1, 0.15) is 12.4 Å². The quantitative estimate of drug-likeness (QED) is 0.389. The van der Waals surface area contributed by atoms with Crippen LogP contribution in [0.2, 0.25) is 0 Å². The number of allylic oxidation sites excluding steroid dienone is 1. The Morgan fingerprint density at radius 2 is 1.80 bits per heavy atom. The third-order valence-electron chi connectivity index (χ3n) is 4.63. The van der Waals surface area contributed by atoms with Crippen LogP contribution in [-0.4, -0.2) is 38.3 Å². The molecule has 0 fully saturated rings. The van der Waals surface area contributed by atoms with Gasteiger partial charge in [0.25, 0.3) is 0 Å². The summed E-state index contributed by atoms with van der Waals surface area (Å²) < 4.78 is 7.76. The van der Waals surface area contributed by atoms with Gasteiger partial charge in [-0.25, -0.2) is 0 Å². The second kappa shape index (κ2) is 9.96.